The van der Waals surface area contributed by atoms with E-state index < -0.39 is 6.10 Å². The normalized spacial score (nSPS) is 12.3. The molecule has 0 rings (SSSR count). The third-order valence-electron chi connectivity index (χ3n) is 3.69. The summed E-state index contributed by atoms with van der Waals surface area (Å²) >= 11 is 0. The van der Waals surface area contributed by atoms with Crippen molar-refractivity contribution in [3.8, 4) is 0 Å². The molecule has 1 unspecified atom stereocenters. The van der Waals surface area contributed by atoms with Gasteiger partial charge in [-0.1, -0.05) is 71.1 Å². The first-order chi connectivity index (χ1) is 10.2. The fourth-order valence-corrected chi connectivity index (χ4v) is 2.26. The lowest BCUT2D eigenvalue weighted by Crippen LogP contribution is -2.26. The molecule has 0 bridgehead atoms. The SMILES string of the molecule is CCCCCCCCCCCCCC(=O)OCC(O)CN. The lowest BCUT2D eigenvalue weighted by atomic mass is 10.1. The molecule has 0 saturated carbocycles. The number of nitrogens with two attached hydrogens (primary N) is 1. The number of esters is 1. The van der Waals surface area contributed by atoms with E-state index in [2.05, 4.69) is 6.92 Å². The Morgan fingerprint density at radius 2 is 1.43 bits per heavy atom. The van der Waals surface area contributed by atoms with Crippen LogP contribution in [0.25, 0.3) is 0 Å². The lowest BCUT2D eigenvalue weighted by molar-refractivity contribution is -0.146. The molecule has 0 radical (unpaired) electrons. The zero-order valence-electron chi connectivity index (χ0n) is 13.8. The lowest BCUT2D eigenvalue weighted by Gasteiger charge is -2.08. The second kappa shape index (κ2) is 15.8. The van der Waals surface area contributed by atoms with E-state index in [1.807, 2.05) is 0 Å². The first kappa shape index (κ1) is 20.4. The van der Waals surface area contributed by atoms with Crippen LogP contribution in [0.5, 0.6) is 0 Å². The minimum absolute atomic E-state index is 0.0212. The number of hydrogen-bond donors (Lipinski definition) is 2. The van der Waals surface area contributed by atoms with E-state index in [-0.39, 0.29) is 19.1 Å². The molecule has 0 aliphatic carbocycles. The minimum Gasteiger partial charge on any atom is -0.463 e. The number of aliphatic hydroxyl groups is 1. The highest BCUT2D eigenvalue weighted by Gasteiger charge is 2.06. The summed E-state index contributed by atoms with van der Waals surface area (Å²) in [4.78, 5) is 11.3. The first-order valence-corrected chi connectivity index (χ1v) is 8.74. The molecule has 0 fully saturated rings. The molecular formula is C17H35NO3. The molecule has 126 valence electrons. The van der Waals surface area contributed by atoms with Crippen molar-refractivity contribution in [3.63, 3.8) is 0 Å². The molecule has 0 heterocycles. The Hall–Kier alpha value is -0.610. The second-order valence-corrected chi connectivity index (χ2v) is 5.86. The number of carbonyl (C=O) groups is 1. The molecule has 0 aromatic rings. The van der Waals surface area contributed by atoms with E-state index in [9.17, 15) is 4.79 Å². The van der Waals surface area contributed by atoms with Crippen LogP contribution in [0.15, 0.2) is 0 Å². The van der Waals surface area contributed by atoms with Crippen LogP contribution >= 0.6 is 0 Å². The van der Waals surface area contributed by atoms with Crippen molar-refractivity contribution >= 4 is 5.97 Å². The maximum absolute atomic E-state index is 11.3. The molecule has 0 amide bonds. The second-order valence-electron chi connectivity index (χ2n) is 5.86. The number of carbonyl (C=O) groups excluding carboxylic acids is 1. The quantitative estimate of drug-likeness (QED) is 0.358. The van der Waals surface area contributed by atoms with Crippen molar-refractivity contribution in [1.82, 2.24) is 0 Å². The van der Waals surface area contributed by atoms with Crippen molar-refractivity contribution in [2.75, 3.05) is 13.2 Å². The van der Waals surface area contributed by atoms with Crippen LogP contribution in [0, 0.1) is 0 Å². The Bertz CT molecular complexity index is 234. The standard InChI is InChI=1S/C17H35NO3/c1-2-3-4-5-6-7-8-9-10-11-12-13-17(20)21-15-16(19)14-18/h16,19H,2-15,18H2,1H3. The van der Waals surface area contributed by atoms with Gasteiger partial charge in [0.15, 0.2) is 0 Å². The summed E-state index contributed by atoms with van der Waals surface area (Å²) in [6.07, 6.45) is 13.7. The fourth-order valence-electron chi connectivity index (χ4n) is 2.26. The van der Waals surface area contributed by atoms with Crippen molar-refractivity contribution < 1.29 is 14.6 Å². The van der Waals surface area contributed by atoms with Crippen LogP contribution in [-0.4, -0.2) is 30.3 Å². The monoisotopic (exact) mass is 301 g/mol. The number of hydrogen-bond acceptors (Lipinski definition) is 4. The summed E-state index contributed by atoms with van der Waals surface area (Å²) in [5.74, 6) is -0.224. The van der Waals surface area contributed by atoms with Gasteiger partial charge in [0, 0.05) is 13.0 Å². The van der Waals surface area contributed by atoms with E-state index in [1.165, 1.54) is 57.8 Å². The van der Waals surface area contributed by atoms with E-state index in [0.717, 1.165) is 12.8 Å². The summed E-state index contributed by atoms with van der Waals surface area (Å²) in [6, 6.07) is 0. The highest BCUT2D eigenvalue weighted by molar-refractivity contribution is 5.69. The Balaban J connectivity index is 3.16. The topological polar surface area (TPSA) is 72.5 Å². The van der Waals surface area contributed by atoms with Gasteiger partial charge in [-0.2, -0.15) is 0 Å². The Morgan fingerprint density at radius 1 is 0.952 bits per heavy atom. The van der Waals surface area contributed by atoms with Crippen molar-refractivity contribution in [3.05, 3.63) is 0 Å². The van der Waals surface area contributed by atoms with Gasteiger partial charge in [0.2, 0.25) is 0 Å². The molecule has 0 spiro atoms. The number of unbranched alkanes of at least 4 members (excludes halogenated alkanes) is 10. The van der Waals surface area contributed by atoms with Gasteiger partial charge in [-0.05, 0) is 6.42 Å². The summed E-state index contributed by atoms with van der Waals surface area (Å²) in [6.45, 7) is 2.40. The smallest absolute Gasteiger partial charge is 0.305 e. The van der Waals surface area contributed by atoms with Gasteiger partial charge in [0.05, 0.1) is 0 Å². The molecule has 4 heteroatoms. The average Bonchev–Trinajstić information content (AvgIpc) is 2.50. The third-order valence-corrected chi connectivity index (χ3v) is 3.69. The highest BCUT2D eigenvalue weighted by Crippen LogP contribution is 2.12. The third kappa shape index (κ3) is 15.6. The number of rotatable bonds is 15. The van der Waals surface area contributed by atoms with Gasteiger partial charge in [-0.3, -0.25) is 4.79 Å². The fraction of sp³-hybridized carbons (Fsp3) is 0.941. The molecule has 1 atom stereocenters. The Labute approximate surface area is 130 Å². The molecular weight excluding hydrogens is 266 g/mol. The van der Waals surface area contributed by atoms with Gasteiger partial charge < -0.3 is 15.6 Å². The van der Waals surface area contributed by atoms with E-state index in [4.69, 9.17) is 15.6 Å². The van der Waals surface area contributed by atoms with Crippen molar-refractivity contribution in [1.29, 1.82) is 0 Å². The molecule has 0 aromatic heterocycles. The van der Waals surface area contributed by atoms with Crippen LogP contribution in [0.4, 0.5) is 0 Å². The van der Waals surface area contributed by atoms with E-state index in [0.29, 0.717) is 6.42 Å². The number of aliphatic hydroxyl groups excluding tert-OH is 1. The zero-order chi connectivity index (χ0) is 15.8. The van der Waals surface area contributed by atoms with Gasteiger partial charge >= 0.3 is 5.97 Å². The predicted molar refractivity (Wildman–Crippen MR) is 87.1 cm³/mol. The maximum atomic E-state index is 11.3. The maximum Gasteiger partial charge on any atom is 0.305 e. The van der Waals surface area contributed by atoms with Crippen LogP contribution < -0.4 is 5.73 Å². The van der Waals surface area contributed by atoms with Crippen LogP contribution in [0.3, 0.4) is 0 Å². The van der Waals surface area contributed by atoms with Crippen molar-refractivity contribution in [2.45, 2.75) is 90.1 Å². The van der Waals surface area contributed by atoms with E-state index >= 15 is 0 Å². The van der Waals surface area contributed by atoms with Crippen molar-refractivity contribution in [2.24, 2.45) is 5.73 Å². The Morgan fingerprint density at radius 3 is 1.90 bits per heavy atom. The average molecular weight is 301 g/mol. The molecule has 4 nitrogen and oxygen atoms in total. The summed E-state index contributed by atoms with van der Waals surface area (Å²) in [5, 5.41) is 9.16. The van der Waals surface area contributed by atoms with Gasteiger partial charge in [0.25, 0.3) is 0 Å². The van der Waals surface area contributed by atoms with Crippen LogP contribution in [-0.2, 0) is 9.53 Å². The van der Waals surface area contributed by atoms with Crippen LogP contribution in [0.2, 0.25) is 0 Å². The van der Waals surface area contributed by atoms with Gasteiger partial charge in [0.1, 0.15) is 12.7 Å². The molecule has 0 aromatic carbocycles. The van der Waals surface area contributed by atoms with Gasteiger partial charge in [-0.15, -0.1) is 0 Å². The summed E-state index contributed by atoms with van der Waals surface area (Å²) < 4.78 is 4.92. The Kier molecular flexibility index (Phi) is 15.3. The predicted octanol–water partition coefficient (Wildman–Crippen LogP) is 3.55. The summed E-state index contributed by atoms with van der Waals surface area (Å²) in [5.41, 5.74) is 5.23. The number of ether oxygens (including phenoxy) is 1. The largest absolute Gasteiger partial charge is 0.463 e. The van der Waals surface area contributed by atoms with E-state index in [1.54, 1.807) is 0 Å². The minimum atomic E-state index is -0.730. The molecule has 3 N–H and O–H groups in total. The molecule has 0 aliphatic heterocycles. The first-order valence-electron chi connectivity index (χ1n) is 8.74. The molecule has 0 aliphatic rings. The zero-order valence-corrected chi connectivity index (χ0v) is 13.8. The highest BCUT2D eigenvalue weighted by atomic mass is 16.5. The summed E-state index contributed by atoms with van der Waals surface area (Å²) in [7, 11) is 0. The van der Waals surface area contributed by atoms with Crippen LogP contribution in [0.1, 0.15) is 84.0 Å². The molecule has 21 heavy (non-hydrogen) atoms. The molecule has 0 saturated heterocycles. The van der Waals surface area contributed by atoms with Gasteiger partial charge in [-0.25, -0.2) is 0 Å².